The molecule has 166 valence electrons. The molecule has 3 nitrogen and oxygen atoms in total. The summed E-state index contributed by atoms with van der Waals surface area (Å²) in [5.41, 5.74) is 7.02. The molecule has 4 heteroatoms. The van der Waals surface area contributed by atoms with Gasteiger partial charge in [0.05, 0.1) is 0 Å². The molecule has 0 fully saturated rings. The molecule has 0 radical (unpaired) electrons. The van der Waals surface area contributed by atoms with Crippen molar-refractivity contribution >= 4 is 11.6 Å². The zero-order valence-electron chi connectivity index (χ0n) is 19.1. The van der Waals surface area contributed by atoms with Crippen molar-refractivity contribution in [3.8, 4) is 33.9 Å². The van der Waals surface area contributed by atoms with E-state index in [0.717, 1.165) is 16.7 Å². The Morgan fingerprint density at radius 3 is 2.06 bits per heavy atom. The van der Waals surface area contributed by atoms with Gasteiger partial charge < -0.3 is 0 Å². The number of halogens is 1. The van der Waals surface area contributed by atoms with Crippen molar-refractivity contribution in [3.63, 3.8) is 0 Å². The second-order valence-corrected chi connectivity index (χ2v) is 9.88. The van der Waals surface area contributed by atoms with Crippen LogP contribution in [0.4, 0.5) is 0 Å². The Kier molecular flexibility index (Phi) is 4.96. The first-order valence-corrected chi connectivity index (χ1v) is 12.0. The normalized spacial score (nSPS) is 19.6. The molecule has 2 aliphatic rings. The SMILES string of the molecule is CC1(C)c2ccc(-c3nc(Cl)nc(-c4ccc(-c5ccccc5)cc4)n3)cc2C2C=CC=CC21. The van der Waals surface area contributed by atoms with E-state index in [9.17, 15) is 0 Å². The Bertz CT molecular complexity index is 1440. The highest BCUT2D eigenvalue weighted by atomic mass is 35.5. The summed E-state index contributed by atoms with van der Waals surface area (Å²) in [6.45, 7) is 4.66. The van der Waals surface area contributed by atoms with E-state index in [1.165, 1.54) is 16.7 Å². The van der Waals surface area contributed by atoms with Crippen LogP contribution in [-0.2, 0) is 5.41 Å². The molecule has 0 amide bonds. The van der Waals surface area contributed by atoms with Gasteiger partial charge in [-0.3, -0.25) is 0 Å². The molecule has 1 aromatic heterocycles. The number of fused-ring (bicyclic) bond motifs is 3. The van der Waals surface area contributed by atoms with Crippen LogP contribution in [0.2, 0.25) is 5.28 Å². The van der Waals surface area contributed by atoms with Gasteiger partial charge in [-0.05, 0) is 51.3 Å². The zero-order chi connectivity index (χ0) is 23.3. The zero-order valence-corrected chi connectivity index (χ0v) is 19.9. The summed E-state index contributed by atoms with van der Waals surface area (Å²) >= 11 is 6.37. The van der Waals surface area contributed by atoms with Crippen LogP contribution in [0.5, 0.6) is 0 Å². The van der Waals surface area contributed by atoms with Gasteiger partial charge in [-0.25, -0.2) is 4.98 Å². The predicted molar refractivity (Wildman–Crippen MR) is 139 cm³/mol. The monoisotopic (exact) mass is 461 g/mol. The molecule has 2 unspecified atom stereocenters. The van der Waals surface area contributed by atoms with Crippen molar-refractivity contribution in [3.05, 3.63) is 114 Å². The van der Waals surface area contributed by atoms with Crippen LogP contribution >= 0.6 is 11.6 Å². The van der Waals surface area contributed by atoms with Crippen molar-refractivity contribution < 1.29 is 0 Å². The molecule has 0 saturated carbocycles. The fourth-order valence-corrected chi connectivity index (χ4v) is 5.55. The maximum Gasteiger partial charge on any atom is 0.226 e. The van der Waals surface area contributed by atoms with E-state index in [2.05, 4.69) is 90.6 Å². The van der Waals surface area contributed by atoms with Crippen LogP contribution < -0.4 is 0 Å². The number of hydrogen-bond acceptors (Lipinski definition) is 3. The molecule has 0 saturated heterocycles. The lowest BCUT2D eigenvalue weighted by molar-refractivity contribution is 0.394. The highest BCUT2D eigenvalue weighted by Gasteiger charge is 2.44. The topological polar surface area (TPSA) is 38.7 Å². The quantitative estimate of drug-likeness (QED) is 0.314. The maximum atomic E-state index is 6.37. The van der Waals surface area contributed by atoms with Crippen molar-refractivity contribution in [2.45, 2.75) is 25.2 Å². The van der Waals surface area contributed by atoms with Crippen LogP contribution in [0.1, 0.15) is 30.9 Å². The van der Waals surface area contributed by atoms with Gasteiger partial charge in [0.2, 0.25) is 5.28 Å². The van der Waals surface area contributed by atoms with Crippen molar-refractivity contribution in [2.24, 2.45) is 5.92 Å². The second kappa shape index (κ2) is 8.03. The first-order valence-electron chi connectivity index (χ1n) is 11.6. The van der Waals surface area contributed by atoms with Crippen LogP contribution in [0.25, 0.3) is 33.9 Å². The molecular formula is C30H24ClN3. The summed E-state index contributed by atoms with van der Waals surface area (Å²) in [6, 6.07) is 25.1. The van der Waals surface area contributed by atoms with Crippen LogP contribution in [-0.4, -0.2) is 15.0 Å². The standard InChI is InChI=1S/C30H24ClN3/c1-30(2)25-11-7-6-10-23(25)24-18-22(16-17-26(24)30)28-32-27(33-29(31)34-28)21-14-12-20(13-15-21)19-8-4-3-5-9-19/h3-18,23,25H,1-2H3. The van der Waals surface area contributed by atoms with E-state index in [4.69, 9.17) is 16.6 Å². The van der Waals surface area contributed by atoms with Gasteiger partial charge in [-0.2, -0.15) is 9.97 Å². The highest BCUT2D eigenvalue weighted by Crippen LogP contribution is 2.53. The summed E-state index contributed by atoms with van der Waals surface area (Å²) in [5, 5.41) is 0.200. The molecule has 34 heavy (non-hydrogen) atoms. The number of nitrogens with zero attached hydrogens (tertiary/aromatic N) is 3. The van der Waals surface area contributed by atoms with Gasteiger partial charge >= 0.3 is 0 Å². The van der Waals surface area contributed by atoms with Gasteiger partial charge in [-0.15, -0.1) is 0 Å². The van der Waals surface area contributed by atoms with Gasteiger partial charge in [0.15, 0.2) is 11.6 Å². The van der Waals surface area contributed by atoms with Crippen molar-refractivity contribution in [1.29, 1.82) is 0 Å². The molecule has 0 N–H and O–H groups in total. The third-order valence-corrected chi connectivity index (χ3v) is 7.36. The van der Waals surface area contributed by atoms with Crippen LogP contribution in [0.15, 0.2) is 97.1 Å². The van der Waals surface area contributed by atoms with Crippen molar-refractivity contribution in [1.82, 2.24) is 15.0 Å². The molecule has 2 aliphatic carbocycles. The predicted octanol–water partition coefficient (Wildman–Crippen LogP) is 7.64. The van der Waals surface area contributed by atoms with Gasteiger partial charge in [0, 0.05) is 17.0 Å². The third-order valence-electron chi connectivity index (χ3n) is 7.19. The van der Waals surface area contributed by atoms with Gasteiger partial charge in [0.1, 0.15) is 0 Å². The van der Waals surface area contributed by atoms with E-state index in [-0.39, 0.29) is 10.7 Å². The minimum Gasteiger partial charge on any atom is -0.208 e. The second-order valence-electron chi connectivity index (χ2n) is 9.54. The first-order chi connectivity index (χ1) is 16.5. The number of benzene rings is 3. The van der Waals surface area contributed by atoms with Crippen LogP contribution in [0.3, 0.4) is 0 Å². The largest absolute Gasteiger partial charge is 0.226 e. The first kappa shape index (κ1) is 21.0. The Labute approximate surface area is 204 Å². The maximum absolute atomic E-state index is 6.37. The molecule has 0 spiro atoms. The van der Waals surface area contributed by atoms with E-state index < -0.39 is 0 Å². The summed E-state index contributed by atoms with van der Waals surface area (Å²) in [7, 11) is 0. The summed E-state index contributed by atoms with van der Waals surface area (Å²) in [6.07, 6.45) is 8.95. The van der Waals surface area contributed by atoms with E-state index >= 15 is 0 Å². The number of allylic oxidation sites excluding steroid dienone is 4. The molecule has 4 aromatic rings. The molecule has 1 heterocycles. The molecule has 0 aliphatic heterocycles. The summed E-state index contributed by atoms with van der Waals surface area (Å²) in [4.78, 5) is 13.7. The average molecular weight is 462 g/mol. The molecular weight excluding hydrogens is 438 g/mol. The van der Waals surface area contributed by atoms with Gasteiger partial charge in [-0.1, -0.05) is 105 Å². The third kappa shape index (κ3) is 3.48. The number of hydrogen-bond donors (Lipinski definition) is 0. The lowest BCUT2D eigenvalue weighted by Crippen LogP contribution is -2.24. The Morgan fingerprint density at radius 1 is 0.676 bits per heavy atom. The fraction of sp³-hybridized carbons (Fsp3) is 0.167. The summed E-state index contributed by atoms with van der Waals surface area (Å²) < 4.78 is 0. The Hall–Kier alpha value is -3.56. The van der Waals surface area contributed by atoms with Crippen LogP contribution in [0, 0.1) is 5.92 Å². The van der Waals surface area contributed by atoms with E-state index in [1.54, 1.807) is 0 Å². The van der Waals surface area contributed by atoms with E-state index in [0.29, 0.717) is 23.5 Å². The highest BCUT2D eigenvalue weighted by molar-refractivity contribution is 6.28. The molecule has 2 atom stereocenters. The van der Waals surface area contributed by atoms with Gasteiger partial charge in [0.25, 0.3) is 0 Å². The number of rotatable bonds is 3. The fourth-order valence-electron chi connectivity index (χ4n) is 5.39. The van der Waals surface area contributed by atoms with Crippen molar-refractivity contribution in [2.75, 3.05) is 0 Å². The minimum atomic E-state index is 0.0855. The molecule has 6 rings (SSSR count). The lowest BCUT2D eigenvalue weighted by Gasteiger charge is -2.29. The average Bonchev–Trinajstić information content (AvgIpc) is 3.11. The summed E-state index contributed by atoms with van der Waals surface area (Å²) in [5.74, 6) is 2.01. The lowest BCUT2D eigenvalue weighted by atomic mass is 9.74. The van der Waals surface area contributed by atoms with E-state index in [1.807, 2.05) is 30.3 Å². The Morgan fingerprint density at radius 2 is 1.29 bits per heavy atom. The molecule has 0 bridgehead atoms. The minimum absolute atomic E-state index is 0.0855. The smallest absolute Gasteiger partial charge is 0.208 e. The number of aromatic nitrogens is 3. The Balaban J connectivity index is 1.38. The molecule has 3 aromatic carbocycles.